The van der Waals surface area contributed by atoms with Gasteiger partial charge in [-0.2, -0.15) is 0 Å². The van der Waals surface area contributed by atoms with E-state index >= 15 is 0 Å². The maximum absolute atomic E-state index is 11.6. The number of amides is 2. The number of rotatable bonds is 2. The molecule has 1 aromatic rings. The number of imide groups is 1. The number of carbonyl (C=O) groups is 3. The molecule has 0 bridgehead atoms. The molecule has 0 saturated carbocycles. The topological polar surface area (TPSA) is 76.8 Å². The van der Waals surface area contributed by atoms with Gasteiger partial charge in [-0.1, -0.05) is 5.92 Å². The summed E-state index contributed by atoms with van der Waals surface area (Å²) in [4.78, 5) is 38.6. The molecular weight excluding hydrogens is 226 g/mol. The van der Waals surface area contributed by atoms with Crippen LogP contribution in [0.5, 0.6) is 0 Å². The summed E-state index contributed by atoms with van der Waals surface area (Å²) in [6.07, 6.45) is 6.42. The lowest BCUT2D eigenvalue weighted by molar-refractivity contribution is -0.173. The van der Waals surface area contributed by atoms with E-state index in [9.17, 15) is 14.4 Å². The Labute approximate surface area is 96.1 Å². The minimum atomic E-state index is -0.966. The van der Waals surface area contributed by atoms with Crippen LogP contribution in [-0.2, 0) is 14.4 Å². The molecule has 0 aliphatic carbocycles. The van der Waals surface area contributed by atoms with E-state index in [0.717, 1.165) is 0 Å². The summed E-state index contributed by atoms with van der Waals surface area (Å²) in [7, 11) is 0. The van der Waals surface area contributed by atoms with Crippen molar-refractivity contribution in [1.29, 1.82) is 0 Å². The number of hydrogen-bond donors (Lipinski definition) is 0. The molecule has 0 atom stereocenters. The van der Waals surface area contributed by atoms with Crippen LogP contribution < -0.4 is 0 Å². The van der Waals surface area contributed by atoms with E-state index in [1.165, 1.54) is 12.3 Å². The van der Waals surface area contributed by atoms with Gasteiger partial charge < -0.3 is 9.25 Å². The van der Waals surface area contributed by atoms with Crippen LogP contribution >= 0.6 is 0 Å². The van der Waals surface area contributed by atoms with Gasteiger partial charge in [-0.3, -0.25) is 9.59 Å². The molecule has 2 heterocycles. The van der Waals surface area contributed by atoms with E-state index in [2.05, 4.69) is 10.8 Å². The van der Waals surface area contributed by atoms with Gasteiger partial charge in [0.05, 0.1) is 11.8 Å². The zero-order valence-corrected chi connectivity index (χ0v) is 8.63. The molecule has 2 amide bonds. The first kappa shape index (κ1) is 11.0. The van der Waals surface area contributed by atoms with E-state index < -0.39 is 17.8 Å². The molecule has 6 nitrogen and oxygen atoms in total. The van der Waals surface area contributed by atoms with Crippen molar-refractivity contribution in [2.24, 2.45) is 0 Å². The van der Waals surface area contributed by atoms with Gasteiger partial charge in [0.25, 0.3) is 11.8 Å². The van der Waals surface area contributed by atoms with Crippen LogP contribution in [0.4, 0.5) is 0 Å². The van der Waals surface area contributed by atoms with Crippen molar-refractivity contribution in [2.75, 3.05) is 0 Å². The first-order valence-corrected chi connectivity index (χ1v) is 4.75. The molecule has 0 N–H and O–H groups in total. The first-order valence-electron chi connectivity index (χ1n) is 4.75. The molecule has 17 heavy (non-hydrogen) atoms. The van der Waals surface area contributed by atoms with Crippen molar-refractivity contribution in [2.45, 2.75) is 12.8 Å². The van der Waals surface area contributed by atoms with E-state index in [1.807, 2.05) is 0 Å². The predicted octanol–water partition coefficient (Wildman–Crippen LogP) is 0.482. The fourth-order valence-electron chi connectivity index (χ4n) is 1.36. The third kappa shape index (κ3) is 1.90. The Morgan fingerprint density at radius 3 is 2.65 bits per heavy atom. The maximum atomic E-state index is 11.6. The molecule has 6 heteroatoms. The van der Waals surface area contributed by atoms with Crippen molar-refractivity contribution < 1.29 is 23.6 Å². The third-order valence-corrected chi connectivity index (χ3v) is 2.19. The largest absolute Gasteiger partial charge is 0.456 e. The highest BCUT2D eigenvalue weighted by atomic mass is 16.7. The Morgan fingerprint density at radius 1 is 1.41 bits per heavy atom. The average molecular weight is 233 g/mol. The molecule has 1 aliphatic heterocycles. The van der Waals surface area contributed by atoms with E-state index in [-0.39, 0.29) is 24.2 Å². The molecule has 0 unspecified atom stereocenters. The average Bonchev–Trinajstić information content (AvgIpc) is 2.90. The minimum Gasteiger partial charge on any atom is -0.456 e. The fourth-order valence-corrected chi connectivity index (χ4v) is 1.36. The summed E-state index contributed by atoms with van der Waals surface area (Å²) < 4.78 is 4.83. The summed E-state index contributed by atoms with van der Waals surface area (Å²) in [5, 5.41) is 0.436. The SMILES string of the molecule is C#Cc1ccoc1C(=O)ON1C(=O)CCC1=O. The van der Waals surface area contributed by atoms with E-state index in [1.54, 1.807) is 0 Å². The number of carbonyl (C=O) groups excluding carboxylic acids is 3. The Morgan fingerprint density at radius 2 is 2.06 bits per heavy atom. The molecule has 2 rings (SSSR count). The number of furan rings is 1. The van der Waals surface area contributed by atoms with Crippen LogP contribution in [0, 0.1) is 12.3 Å². The highest BCUT2D eigenvalue weighted by Crippen LogP contribution is 2.16. The van der Waals surface area contributed by atoms with Crippen LogP contribution in [0.1, 0.15) is 29.0 Å². The van der Waals surface area contributed by atoms with Crippen molar-refractivity contribution in [3.8, 4) is 12.3 Å². The smallest absolute Gasteiger partial charge is 0.400 e. The van der Waals surface area contributed by atoms with Gasteiger partial charge in [0.15, 0.2) is 0 Å². The predicted molar refractivity (Wildman–Crippen MR) is 53.1 cm³/mol. The van der Waals surface area contributed by atoms with Gasteiger partial charge >= 0.3 is 5.97 Å². The molecule has 0 radical (unpaired) electrons. The third-order valence-electron chi connectivity index (χ3n) is 2.19. The van der Waals surface area contributed by atoms with Crippen LogP contribution in [0.15, 0.2) is 16.7 Å². The molecule has 1 fully saturated rings. The second kappa shape index (κ2) is 4.14. The molecule has 1 aromatic heterocycles. The first-order chi connectivity index (χ1) is 8.13. The number of hydroxylamine groups is 2. The van der Waals surface area contributed by atoms with Crippen molar-refractivity contribution in [3.63, 3.8) is 0 Å². The monoisotopic (exact) mass is 233 g/mol. The van der Waals surface area contributed by atoms with Gasteiger partial charge in [0, 0.05) is 12.8 Å². The zero-order valence-electron chi connectivity index (χ0n) is 8.63. The summed E-state index contributed by atoms with van der Waals surface area (Å²) in [5.74, 6) is -0.0700. The minimum absolute atomic E-state index is 0.0340. The van der Waals surface area contributed by atoms with Crippen molar-refractivity contribution in [1.82, 2.24) is 5.06 Å². The lowest BCUT2D eigenvalue weighted by Gasteiger charge is -2.11. The fraction of sp³-hybridized carbons (Fsp3) is 0.182. The molecule has 0 spiro atoms. The van der Waals surface area contributed by atoms with Gasteiger partial charge in [-0.05, 0) is 6.07 Å². The Balaban J connectivity index is 2.15. The van der Waals surface area contributed by atoms with E-state index in [4.69, 9.17) is 10.8 Å². The van der Waals surface area contributed by atoms with Crippen molar-refractivity contribution in [3.05, 3.63) is 23.7 Å². The molecule has 86 valence electrons. The Kier molecular flexibility index (Phi) is 2.66. The van der Waals surface area contributed by atoms with Gasteiger partial charge in [-0.25, -0.2) is 4.79 Å². The second-order valence-electron chi connectivity index (χ2n) is 3.27. The van der Waals surface area contributed by atoms with Crippen LogP contribution in [0.2, 0.25) is 0 Å². The number of terminal acetylenes is 1. The van der Waals surface area contributed by atoms with Crippen LogP contribution in [-0.4, -0.2) is 22.8 Å². The van der Waals surface area contributed by atoms with Gasteiger partial charge in [-0.15, -0.1) is 11.5 Å². The summed E-state index contributed by atoms with van der Waals surface area (Å²) >= 11 is 0. The molecular formula is C11H7NO5. The van der Waals surface area contributed by atoms with E-state index in [0.29, 0.717) is 5.06 Å². The van der Waals surface area contributed by atoms with Crippen LogP contribution in [0.25, 0.3) is 0 Å². The Hall–Kier alpha value is -2.55. The quantitative estimate of drug-likeness (QED) is 0.548. The summed E-state index contributed by atoms with van der Waals surface area (Å²) in [6, 6.07) is 1.41. The Bertz CT molecular complexity index is 520. The lowest BCUT2D eigenvalue weighted by Crippen LogP contribution is -2.32. The lowest BCUT2D eigenvalue weighted by atomic mass is 10.3. The summed E-state index contributed by atoms with van der Waals surface area (Å²) in [6.45, 7) is 0. The number of hydrogen-bond acceptors (Lipinski definition) is 5. The van der Waals surface area contributed by atoms with Gasteiger partial charge in [0.1, 0.15) is 0 Å². The second-order valence-corrected chi connectivity index (χ2v) is 3.27. The molecule has 1 aliphatic rings. The molecule has 0 aromatic carbocycles. The highest BCUT2D eigenvalue weighted by Gasteiger charge is 2.34. The highest BCUT2D eigenvalue weighted by molar-refractivity contribution is 6.02. The standard InChI is InChI=1S/C11H7NO5/c1-2-7-5-6-16-10(7)11(15)17-12-8(13)3-4-9(12)14/h1,5-6H,3-4H2. The maximum Gasteiger partial charge on any atom is 0.400 e. The van der Waals surface area contributed by atoms with Crippen molar-refractivity contribution >= 4 is 17.8 Å². The normalized spacial score (nSPS) is 14.9. The molecule has 1 saturated heterocycles. The number of nitrogens with zero attached hydrogens (tertiary/aromatic N) is 1. The van der Waals surface area contributed by atoms with Crippen LogP contribution in [0.3, 0.4) is 0 Å². The summed E-state index contributed by atoms with van der Waals surface area (Å²) in [5.41, 5.74) is 0.203. The van der Waals surface area contributed by atoms with Gasteiger partial charge in [0.2, 0.25) is 5.76 Å². The zero-order chi connectivity index (χ0) is 12.4.